The van der Waals surface area contributed by atoms with Gasteiger partial charge in [0, 0.05) is 17.0 Å². The number of nitriles is 1. The molecule has 1 aliphatic heterocycles. The Morgan fingerprint density at radius 2 is 1.97 bits per heavy atom. The number of halogens is 3. The summed E-state index contributed by atoms with van der Waals surface area (Å²) in [4.78, 5) is 27.1. The van der Waals surface area contributed by atoms with E-state index in [2.05, 4.69) is 6.58 Å². The van der Waals surface area contributed by atoms with E-state index in [1.54, 1.807) is 13.0 Å². The quantitative estimate of drug-likeness (QED) is 0.236. The number of carbonyl (C=O) groups is 2. The number of allylic oxidation sites excluding steroid dienone is 8. The molecule has 0 bridgehead atoms. The molecule has 0 radical (unpaired) electrons. The summed E-state index contributed by atoms with van der Waals surface area (Å²) in [5, 5.41) is 27.9. The Hall–Kier alpha value is -4.11. The number of carbonyl (C=O) groups excluding carboxylic acids is 2. The fourth-order valence-electron chi connectivity index (χ4n) is 3.68. The van der Waals surface area contributed by atoms with Crippen LogP contribution in [0.5, 0.6) is 0 Å². The van der Waals surface area contributed by atoms with Crippen molar-refractivity contribution in [2.24, 2.45) is 5.73 Å². The van der Waals surface area contributed by atoms with Crippen LogP contribution in [0.25, 0.3) is 0 Å². The van der Waals surface area contributed by atoms with Crippen LogP contribution in [0.3, 0.4) is 0 Å². The zero-order valence-corrected chi connectivity index (χ0v) is 21.0. The zero-order valence-electron chi connectivity index (χ0n) is 21.0. The third-order valence-corrected chi connectivity index (χ3v) is 5.31. The molecule has 1 heterocycles. The molecular weight excluding hydrogens is 491 g/mol. The van der Waals surface area contributed by atoms with Gasteiger partial charge in [-0.25, -0.2) is 9.59 Å². The van der Waals surface area contributed by atoms with E-state index in [9.17, 15) is 33.1 Å². The Bertz CT molecular complexity index is 1140. The Kier molecular flexibility index (Phi) is 11.1. The highest BCUT2D eigenvalue weighted by Gasteiger charge is 2.43. The van der Waals surface area contributed by atoms with Gasteiger partial charge in [0.25, 0.3) is 0 Å². The van der Waals surface area contributed by atoms with E-state index >= 15 is 0 Å². The highest BCUT2D eigenvalue weighted by atomic mass is 19.4. The van der Waals surface area contributed by atoms with Crippen molar-refractivity contribution in [2.45, 2.75) is 45.8 Å². The average Bonchev–Trinajstić information content (AvgIpc) is 2.81. The van der Waals surface area contributed by atoms with Crippen molar-refractivity contribution in [1.29, 1.82) is 10.7 Å². The van der Waals surface area contributed by atoms with Gasteiger partial charge in [0.1, 0.15) is 0 Å². The first-order chi connectivity index (χ1) is 17.3. The third-order valence-electron chi connectivity index (χ3n) is 5.31. The van der Waals surface area contributed by atoms with E-state index in [1.807, 2.05) is 6.07 Å². The summed E-state index contributed by atoms with van der Waals surface area (Å²) in [6.07, 6.45) is 1.85. The summed E-state index contributed by atoms with van der Waals surface area (Å²) in [5.41, 5.74) is 4.41. The number of nitrogens with zero attached hydrogens (tertiary/aromatic N) is 3. The zero-order chi connectivity index (χ0) is 28.5. The second-order valence-electron chi connectivity index (χ2n) is 7.81. The summed E-state index contributed by atoms with van der Waals surface area (Å²) >= 11 is 0. The molecule has 0 aliphatic carbocycles. The molecule has 0 saturated carbocycles. The monoisotopic (exact) mass is 521 g/mol. The molecule has 0 spiro atoms. The first-order valence-electron chi connectivity index (χ1n) is 11.1. The number of alkyl halides is 3. The fraction of sp³-hybridized carbons (Fsp3) is 0.360. The second-order valence-corrected chi connectivity index (χ2v) is 7.81. The first kappa shape index (κ1) is 30.9. The van der Waals surface area contributed by atoms with E-state index < -0.39 is 42.4 Å². The largest absolute Gasteiger partial charge is 0.466 e. The molecule has 0 aromatic rings. The molecule has 0 aromatic carbocycles. The number of guanidine groups is 1. The predicted molar refractivity (Wildman–Crippen MR) is 131 cm³/mol. The number of nitrogens with one attached hydrogen (secondary N) is 1. The number of ether oxygens (including phenoxy) is 1. The van der Waals surface area contributed by atoms with Crippen LogP contribution in [0.15, 0.2) is 70.6 Å². The second kappa shape index (κ2) is 13.3. The van der Waals surface area contributed by atoms with Gasteiger partial charge in [0.05, 0.1) is 37.0 Å². The van der Waals surface area contributed by atoms with Crippen molar-refractivity contribution in [3.05, 3.63) is 70.6 Å². The van der Waals surface area contributed by atoms with Gasteiger partial charge >= 0.3 is 18.2 Å². The number of aliphatic hydroxyl groups excluding tert-OH is 1. The standard InChI is InChI=1S/C25H30F3N5O4/c1-6-8-17(13-29)11-18(14-34)12-20-21(22(35)37-5)16(4)32(23(30)33(20)24(31)36)19(9-7-2)10-15(3)25(26,27)28/h7-11,20,30,34H,3,6,12,14H2,1-2,4-5H3,(H2,31,36). The first-order valence-corrected chi connectivity index (χ1v) is 11.1. The molecule has 1 atom stereocenters. The Labute approximate surface area is 213 Å². The van der Waals surface area contributed by atoms with Gasteiger partial charge in [-0.05, 0) is 50.5 Å². The summed E-state index contributed by atoms with van der Waals surface area (Å²) in [7, 11) is 1.08. The van der Waals surface area contributed by atoms with E-state index in [0.29, 0.717) is 17.4 Å². The van der Waals surface area contributed by atoms with E-state index in [1.165, 1.54) is 32.1 Å². The molecule has 1 rings (SSSR count). The van der Waals surface area contributed by atoms with Crippen LogP contribution in [-0.2, 0) is 9.53 Å². The van der Waals surface area contributed by atoms with Crippen molar-refractivity contribution >= 4 is 18.0 Å². The van der Waals surface area contributed by atoms with Crippen LogP contribution in [0.2, 0.25) is 0 Å². The van der Waals surface area contributed by atoms with E-state index in [4.69, 9.17) is 15.9 Å². The number of nitrogens with two attached hydrogens (primary N) is 1. The van der Waals surface area contributed by atoms with Crippen molar-refractivity contribution in [3.8, 4) is 6.07 Å². The molecule has 4 N–H and O–H groups in total. The highest BCUT2D eigenvalue weighted by Crippen LogP contribution is 2.35. The van der Waals surface area contributed by atoms with Crippen molar-refractivity contribution in [3.63, 3.8) is 0 Å². The normalized spacial score (nSPS) is 17.9. The van der Waals surface area contributed by atoms with Gasteiger partial charge < -0.3 is 15.6 Å². The maximum atomic E-state index is 13.2. The van der Waals surface area contributed by atoms with E-state index in [0.717, 1.165) is 12.0 Å². The minimum atomic E-state index is -4.77. The summed E-state index contributed by atoms with van der Waals surface area (Å²) in [6.45, 7) is 7.18. The number of urea groups is 1. The molecule has 2 amide bonds. The molecule has 1 unspecified atom stereocenters. The smallest absolute Gasteiger partial charge is 0.415 e. The lowest BCUT2D eigenvalue weighted by molar-refractivity contribution is -0.137. The SMILES string of the molecule is C=C(C=C(C=CC)N1C(=N)N(C(N)=O)C(CC(=CC(C#N)=CCC)CO)C(C(=O)OC)=C1C)C(F)(F)F. The summed E-state index contributed by atoms with van der Waals surface area (Å²) in [6, 6.07) is -0.467. The highest BCUT2D eigenvalue weighted by molar-refractivity contribution is 6.02. The lowest BCUT2D eigenvalue weighted by Gasteiger charge is -2.43. The Balaban J connectivity index is 3.93. The average molecular weight is 522 g/mol. The maximum absolute atomic E-state index is 13.2. The molecule has 12 heteroatoms. The number of esters is 1. The Morgan fingerprint density at radius 3 is 2.41 bits per heavy atom. The van der Waals surface area contributed by atoms with Crippen molar-refractivity contribution < 1.29 is 32.6 Å². The summed E-state index contributed by atoms with van der Waals surface area (Å²) < 4.78 is 44.6. The van der Waals surface area contributed by atoms with Crippen LogP contribution in [0.1, 0.15) is 33.6 Å². The topological polar surface area (TPSA) is 144 Å². The molecule has 200 valence electrons. The molecule has 0 saturated heterocycles. The molecule has 9 nitrogen and oxygen atoms in total. The minimum Gasteiger partial charge on any atom is -0.466 e. The number of primary amides is 1. The number of aliphatic hydroxyl groups is 1. The van der Waals surface area contributed by atoms with Crippen LogP contribution >= 0.6 is 0 Å². The number of rotatable bonds is 9. The maximum Gasteiger partial charge on any atom is 0.415 e. The number of hydrogen-bond acceptors (Lipinski definition) is 6. The van der Waals surface area contributed by atoms with Crippen molar-refractivity contribution in [1.82, 2.24) is 9.80 Å². The predicted octanol–water partition coefficient (Wildman–Crippen LogP) is 4.18. The molecule has 37 heavy (non-hydrogen) atoms. The van der Waals surface area contributed by atoms with Gasteiger partial charge in [0.2, 0.25) is 5.96 Å². The lowest BCUT2D eigenvalue weighted by atomic mass is 9.92. The summed E-state index contributed by atoms with van der Waals surface area (Å²) in [5.74, 6) is -1.56. The van der Waals surface area contributed by atoms with Gasteiger partial charge in [0.15, 0.2) is 0 Å². The van der Waals surface area contributed by atoms with Gasteiger partial charge in [-0.3, -0.25) is 15.2 Å². The molecule has 1 aliphatic rings. The number of hydrogen-bond donors (Lipinski definition) is 3. The van der Waals surface area contributed by atoms with Crippen LogP contribution in [0, 0.1) is 16.7 Å². The van der Waals surface area contributed by atoms with Crippen LogP contribution in [0.4, 0.5) is 18.0 Å². The molecule has 0 fully saturated rings. The Morgan fingerprint density at radius 1 is 1.35 bits per heavy atom. The number of amides is 2. The molecule has 0 aromatic heterocycles. The van der Waals surface area contributed by atoms with Crippen LogP contribution < -0.4 is 5.73 Å². The third kappa shape index (κ3) is 7.44. The van der Waals surface area contributed by atoms with Crippen molar-refractivity contribution in [2.75, 3.05) is 13.7 Å². The minimum absolute atomic E-state index is 0.000529. The van der Waals surface area contributed by atoms with Gasteiger partial charge in [-0.1, -0.05) is 25.7 Å². The van der Waals surface area contributed by atoms with Gasteiger partial charge in [-0.15, -0.1) is 0 Å². The van der Waals surface area contributed by atoms with Gasteiger partial charge in [-0.2, -0.15) is 18.4 Å². The molecular formula is C25H30F3N5O4. The van der Waals surface area contributed by atoms with Crippen LogP contribution in [-0.4, -0.2) is 58.8 Å². The fourth-order valence-corrected chi connectivity index (χ4v) is 3.68. The number of methoxy groups -OCH3 is 1. The lowest BCUT2D eigenvalue weighted by Crippen LogP contribution is -2.58. The van der Waals surface area contributed by atoms with E-state index in [-0.39, 0.29) is 34.5 Å².